The molecule has 1 fully saturated rings. The Morgan fingerprint density at radius 2 is 1.79 bits per heavy atom. The maximum atomic E-state index is 14.8. The summed E-state index contributed by atoms with van der Waals surface area (Å²) in [4.78, 5) is 24.8. The van der Waals surface area contributed by atoms with Crippen LogP contribution in [0, 0.1) is 11.8 Å². The van der Waals surface area contributed by atoms with E-state index in [0.29, 0.717) is 31.4 Å². The molecule has 1 saturated carbocycles. The van der Waals surface area contributed by atoms with Crippen LogP contribution in [0.5, 0.6) is 5.75 Å². The summed E-state index contributed by atoms with van der Waals surface area (Å²) in [5.74, 6) is -3.92. The highest BCUT2D eigenvalue weighted by Gasteiger charge is 2.47. The van der Waals surface area contributed by atoms with Crippen LogP contribution in [0.25, 0.3) is 0 Å². The van der Waals surface area contributed by atoms with E-state index in [2.05, 4.69) is 33.9 Å². The third-order valence-electron chi connectivity index (χ3n) is 7.37. The second kappa shape index (κ2) is 14.4. The van der Waals surface area contributed by atoms with Crippen molar-refractivity contribution in [1.82, 2.24) is 0 Å². The van der Waals surface area contributed by atoms with Crippen LogP contribution >= 0.6 is 0 Å². The van der Waals surface area contributed by atoms with Crippen molar-refractivity contribution in [2.24, 2.45) is 11.8 Å². The van der Waals surface area contributed by atoms with E-state index in [4.69, 9.17) is 13.9 Å². The van der Waals surface area contributed by atoms with Crippen LogP contribution in [0.4, 0.5) is 8.78 Å². The fourth-order valence-corrected chi connectivity index (χ4v) is 5.58. The number of carbonyl (C=O) groups excluding carboxylic acids is 2. The zero-order chi connectivity index (χ0) is 29.3. The molecule has 2 rings (SSSR count). The van der Waals surface area contributed by atoms with Gasteiger partial charge in [-0.05, 0) is 69.5 Å². The average molecular weight is 565 g/mol. The quantitative estimate of drug-likeness (QED) is 0.0994. The molecule has 0 N–H and O–H groups in total. The number of hydrogen-bond donors (Lipinski definition) is 0. The topological polar surface area (TPSA) is 61.8 Å². The Morgan fingerprint density at radius 3 is 2.41 bits per heavy atom. The van der Waals surface area contributed by atoms with Gasteiger partial charge in [0.2, 0.25) is 0 Å². The Labute approximate surface area is 234 Å². The number of para-hydroxylation sites is 1. The standard InChI is InChI=1S/C31H46F2O5Si/c1-23(2)37-29(35)18-14-9-8-13-17-25-26(28(21-27(25)34)38-39(6,7)30(3,4)5)19-20-31(32,33)22-36-24-15-11-10-12-16-24/h8,10-13,15-16,19-20,23,25-26,28H,9,14,17-18,21-22H2,1-7H3/b13-8-,20-19+/t25?,26-,28-/m1/s1. The fourth-order valence-electron chi connectivity index (χ4n) is 4.22. The van der Waals surface area contributed by atoms with Gasteiger partial charge in [0.1, 0.15) is 11.5 Å². The van der Waals surface area contributed by atoms with Crippen LogP contribution < -0.4 is 4.74 Å². The van der Waals surface area contributed by atoms with Crippen molar-refractivity contribution in [3.63, 3.8) is 0 Å². The van der Waals surface area contributed by atoms with E-state index >= 15 is 0 Å². The van der Waals surface area contributed by atoms with Gasteiger partial charge in [-0.2, -0.15) is 8.78 Å². The van der Waals surface area contributed by atoms with E-state index < -0.39 is 38.8 Å². The first-order chi connectivity index (χ1) is 18.1. The van der Waals surface area contributed by atoms with Crippen molar-refractivity contribution in [2.45, 2.75) is 103 Å². The maximum absolute atomic E-state index is 14.8. The molecule has 39 heavy (non-hydrogen) atoms. The number of esters is 1. The molecule has 0 saturated heterocycles. The number of alkyl halides is 2. The van der Waals surface area contributed by atoms with Gasteiger partial charge in [-0.15, -0.1) is 0 Å². The number of allylic oxidation sites excluding steroid dienone is 2. The normalized spacial score (nSPS) is 20.9. The van der Waals surface area contributed by atoms with Crippen LogP contribution in [-0.2, 0) is 18.8 Å². The number of carbonyl (C=O) groups is 2. The molecule has 0 heterocycles. The molecule has 5 nitrogen and oxygen atoms in total. The van der Waals surface area contributed by atoms with Crippen LogP contribution in [0.2, 0.25) is 18.1 Å². The highest BCUT2D eigenvalue weighted by Crippen LogP contribution is 2.43. The fraction of sp³-hybridized carbons (Fsp3) is 0.613. The summed E-state index contributed by atoms with van der Waals surface area (Å²) in [5, 5.41) is -0.0769. The van der Waals surface area contributed by atoms with Gasteiger partial charge in [-0.25, -0.2) is 0 Å². The molecule has 0 radical (unpaired) electrons. The molecule has 0 aromatic heterocycles. The number of rotatable bonds is 14. The molecule has 1 aliphatic rings. The number of hydrogen-bond acceptors (Lipinski definition) is 5. The van der Waals surface area contributed by atoms with Gasteiger partial charge in [0, 0.05) is 24.7 Å². The smallest absolute Gasteiger partial charge is 0.306 e. The van der Waals surface area contributed by atoms with Crippen LogP contribution in [0.3, 0.4) is 0 Å². The molecule has 0 amide bonds. The summed E-state index contributed by atoms with van der Waals surface area (Å²) in [7, 11) is -2.24. The van der Waals surface area contributed by atoms with Crippen molar-refractivity contribution in [3.05, 3.63) is 54.6 Å². The SMILES string of the molecule is CC(C)OC(=O)CCC/C=C\CC1C(=O)C[C@@H](O[Si](C)(C)C(C)(C)C)[C@@H]1/C=C/C(F)(F)COc1ccccc1. The monoisotopic (exact) mass is 564 g/mol. The molecule has 1 aliphatic carbocycles. The molecule has 0 spiro atoms. The summed E-state index contributed by atoms with van der Waals surface area (Å²) >= 11 is 0. The van der Waals surface area contributed by atoms with Gasteiger partial charge < -0.3 is 13.9 Å². The third-order valence-corrected chi connectivity index (χ3v) is 11.9. The molecule has 1 unspecified atom stereocenters. The van der Waals surface area contributed by atoms with Crippen molar-refractivity contribution >= 4 is 20.1 Å². The molecule has 0 aliphatic heterocycles. The average Bonchev–Trinajstić information content (AvgIpc) is 3.11. The molecule has 3 atom stereocenters. The number of unbranched alkanes of at least 4 members (excludes halogenated alkanes) is 1. The number of benzene rings is 1. The first-order valence-corrected chi connectivity index (χ1v) is 16.8. The number of ether oxygens (including phenoxy) is 2. The second-order valence-corrected chi connectivity index (χ2v) is 16.9. The molecule has 1 aromatic rings. The van der Waals surface area contributed by atoms with Gasteiger partial charge in [0.15, 0.2) is 14.9 Å². The molecule has 8 heteroatoms. The minimum absolute atomic E-state index is 0.0300. The molecular weight excluding hydrogens is 518 g/mol. The molecule has 1 aromatic carbocycles. The maximum Gasteiger partial charge on any atom is 0.306 e. The lowest BCUT2D eigenvalue weighted by Gasteiger charge is -2.39. The third kappa shape index (κ3) is 11.0. The van der Waals surface area contributed by atoms with Crippen LogP contribution in [0.1, 0.15) is 66.7 Å². The van der Waals surface area contributed by atoms with Crippen molar-refractivity contribution in [3.8, 4) is 5.75 Å². The van der Waals surface area contributed by atoms with Crippen LogP contribution in [0.15, 0.2) is 54.6 Å². The number of halogens is 2. The summed E-state index contributed by atoms with van der Waals surface area (Å²) in [6.07, 6.45) is 7.94. The lowest BCUT2D eigenvalue weighted by Crippen LogP contribution is -2.45. The highest BCUT2D eigenvalue weighted by molar-refractivity contribution is 6.74. The highest BCUT2D eigenvalue weighted by atomic mass is 28.4. The zero-order valence-electron chi connectivity index (χ0n) is 24.5. The summed E-state index contributed by atoms with van der Waals surface area (Å²) in [5.41, 5.74) is 0. The lowest BCUT2D eigenvalue weighted by molar-refractivity contribution is -0.147. The van der Waals surface area contributed by atoms with E-state index in [0.717, 1.165) is 6.08 Å². The van der Waals surface area contributed by atoms with E-state index in [1.165, 1.54) is 6.08 Å². The molecule has 218 valence electrons. The number of ketones is 1. The van der Waals surface area contributed by atoms with E-state index in [1.54, 1.807) is 30.3 Å². The van der Waals surface area contributed by atoms with Crippen molar-refractivity contribution in [2.75, 3.05) is 6.61 Å². The predicted octanol–water partition coefficient (Wildman–Crippen LogP) is 7.92. The largest absolute Gasteiger partial charge is 0.487 e. The Hall–Kier alpha value is -2.32. The Morgan fingerprint density at radius 1 is 1.13 bits per heavy atom. The van der Waals surface area contributed by atoms with Gasteiger partial charge in [-0.1, -0.05) is 57.2 Å². The van der Waals surface area contributed by atoms with E-state index in [9.17, 15) is 18.4 Å². The zero-order valence-corrected chi connectivity index (χ0v) is 25.5. The second-order valence-electron chi connectivity index (χ2n) is 12.1. The first-order valence-electron chi connectivity index (χ1n) is 13.9. The predicted molar refractivity (Wildman–Crippen MR) is 154 cm³/mol. The van der Waals surface area contributed by atoms with Crippen molar-refractivity contribution in [1.29, 1.82) is 0 Å². The summed E-state index contributed by atoms with van der Waals surface area (Å²) in [6, 6.07) is 8.51. The minimum atomic E-state index is -3.20. The Balaban J connectivity index is 2.10. The number of Topliss-reactive ketones (excluding diaryl/α,β-unsaturated/α-hetero) is 1. The van der Waals surface area contributed by atoms with E-state index in [1.807, 2.05) is 26.0 Å². The molecular formula is C31H46F2O5Si. The minimum Gasteiger partial charge on any atom is -0.487 e. The summed E-state index contributed by atoms with van der Waals surface area (Å²) < 4.78 is 46.6. The van der Waals surface area contributed by atoms with Gasteiger partial charge >= 0.3 is 5.97 Å². The lowest BCUT2D eigenvalue weighted by atomic mass is 9.90. The van der Waals surface area contributed by atoms with Gasteiger partial charge in [0.25, 0.3) is 5.92 Å². The molecule has 0 bridgehead atoms. The van der Waals surface area contributed by atoms with Crippen molar-refractivity contribution < 1.29 is 32.3 Å². The van der Waals surface area contributed by atoms with E-state index in [-0.39, 0.29) is 29.3 Å². The van der Waals surface area contributed by atoms with Gasteiger partial charge in [0.05, 0.1) is 12.2 Å². The Bertz CT molecular complexity index is 982. The van der Waals surface area contributed by atoms with Gasteiger partial charge in [-0.3, -0.25) is 9.59 Å². The first kappa shape index (κ1) is 32.9. The van der Waals surface area contributed by atoms with Crippen LogP contribution in [-0.4, -0.2) is 44.8 Å². The summed E-state index contributed by atoms with van der Waals surface area (Å²) in [6.45, 7) is 13.4. The Kier molecular flexibility index (Phi) is 12.1.